The van der Waals surface area contributed by atoms with Gasteiger partial charge in [-0.05, 0) is 39.5 Å². The van der Waals surface area contributed by atoms with Gasteiger partial charge in [-0.15, -0.1) is 0 Å². The lowest BCUT2D eigenvalue weighted by Crippen LogP contribution is -2.47. The van der Waals surface area contributed by atoms with Crippen LogP contribution < -0.4 is 5.32 Å². The summed E-state index contributed by atoms with van der Waals surface area (Å²) in [7, 11) is 0. The minimum absolute atomic E-state index is 0.0494. The molecule has 1 aliphatic rings. The first-order chi connectivity index (χ1) is 8.84. The molecule has 1 rings (SSSR count). The molecule has 5 nitrogen and oxygen atoms in total. The van der Waals surface area contributed by atoms with Gasteiger partial charge in [0.1, 0.15) is 0 Å². The van der Waals surface area contributed by atoms with Gasteiger partial charge in [-0.1, -0.05) is 6.92 Å². The second kappa shape index (κ2) is 6.89. The molecule has 0 aromatic heterocycles. The van der Waals surface area contributed by atoms with Crippen molar-refractivity contribution in [1.82, 2.24) is 5.32 Å². The molecule has 1 fully saturated rings. The summed E-state index contributed by atoms with van der Waals surface area (Å²) in [5.74, 6) is -0.980. The van der Waals surface area contributed by atoms with Crippen LogP contribution in [0.2, 0.25) is 0 Å². The van der Waals surface area contributed by atoms with E-state index in [9.17, 15) is 9.59 Å². The van der Waals surface area contributed by atoms with Gasteiger partial charge in [-0.2, -0.15) is 0 Å². The fourth-order valence-electron chi connectivity index (χ4n) is 2.38. The molecule has 0 aliphatic carbocycles. The molecule has 2 N–H and O–H groups in total. The Kier molecular flexibility index (Phi) is 5.79. The molecule has 0 radical (unpaired) electrons. The van der Waals surface area contributed by atoms with Gasteiger partial charge in [0.2, 0.25) is 5.91 Å². The van der Waals surface area contributed by atoms with Crippen molar-refractivity contribution in [3.63, 3.8) is 0 Å². The van der Waals surface area contributed by atoms with Gasteiger partial charge in [0, 0.05) is 12.0 Å². The number of aliphatic carboxylic acids is 1. The van der Waals surface area contributed by atoms with Crippen molar-refractivity contribution in [3.8, 4) is 0 Å². The van der Waals surface area contributed by atoms with Crippen molar-refractivity contribution in [2.24, 2.45) is 0 Å². The Labute approximate surface area is 114 Å². The van der Waals surface area contributed by atoms with E-state index < -0.39 is 11.5 Å². The van der Waals surface area contributed by atoms with Gasteiger partial charge in [0.05, 0.1) is 18.6 Å². The third-order valence-corrected chi connectivity index (χ3v) is 3.78. The summed E-state index contributed by atoms with van der Waals surface area (Å²) < 4.78 is 5.66. The number of rotatable bonds is 7. The van der Waals surface area contributed by atoms with E-state index in [2.05, 4.69) is 5.32 Å². The van der Waals surface area contributed by atoms with E-state index in [1.807, 2.05) is 13.8 Å². The van der Waals surface area contributed by atoms with E-state index in [1.165, 1.54) is 0 Å². The molecule has 0 bridgehead atoms. The van der Waals surface area contributed by atoms with Crippen LogP contribution in [0.15, 0.2) is 0 Å². The molecule has 19 heavy (non-hydrogen) atoms. The number of hydrogen-bond donors (Lipinski definition) is 2. The molecule has 1 amide bonds. The van der Waals surface area contributed by atoms with Crippen LogP contribution in [0.25, 0.3) is 0 Å². The zero-order valence-corrected chi connectivity index (χ0v) is 12.1. The van der Waals surface area contributed by atoms with Crippen molar-refractivity contribution in [3.05, 3.63) is 0 Å². The summed E-state index contributed by atoms with van der Waals surface area (Å²) in [6, 6.07) is 0. The molecule has 110 valence electrons. The minimum atomic E-state index is -0.891. The van der Waals surface area contributed by atoms with Crippen LogP contribution in [0.3, 0.4) is 0 Å². The minimum Gasteiger partial charge on any atom is -0.481 e. The Hall–Kier alpha value is -1.10. The Morgan fingerprint density at radius 2 is 2.11 bits per heavy atom. The van der Waals surface area contributed by atoms with E-state index in [-0.39, 0.29) is 18.4 Å². The van der Waals surface area contributed by atoms with Crippen molar-refractivity contribution in [2.45, 2.75) is 77.0 Å². The monoisotopic (exact) mass is 271 g/mol. The van der Waals surface area contributed by atoms with Gasteiger partial charge >= 0.3 is 5.97 Å². The number of amides is 1. The third kappa shape index (κ3) is 5.59. The Bertz CT molecular complexity index is 331. The summed E-state index contributed by atoms with van der Waals surface area (Å²) in [6.45, 7) is 5.69. The predicted octanol–water partition coefficient (Wildman–Crippen LogP) is 2.09. The van der Waals surface area contributed by atoms with Gasteiger partial charge in [-0.25, -0.2) is 0 Å². The van der Waals surface area contributed by atoms with Crippen LogP contribution in [-0.2, 0) is 14.3 Å². The fraction of sp³-hybridized carbons (Fsp3) is 0.857. The van der Waals surface area contributed by atoms with Gasteiger partial charge in [-0.3, -0.25) is 9.59 Å². The number of nitrogens with one attached hydrogen (secondary N) is 1. The molecule has 0 aromatic rings. The number of carbonyl (C=O) groups is 2. The first-order valence-corrected chi connectivity index (χ1v) is 7.03. The summed E-state index contributed by atoms with van der Waals surface area (Å²) in [4.78, 5) is 22.7. The molecule has 3 atom stereocenters. The second-order valence-electron chi connectivity index (χ2n) is 5.72. The second-order valence-corrected chi connectivity index (χ2v) is 5.72. The van der Waals surface area contributed by atoms with Gasteiger partial charge in [0.25, 0.3) is 0 Å². The molecule has 5 heteroatoms. The normalized spacial score (nSPS) is 25.8. The number of ether oxygens (including phenoxy) is 1. The average Bonchev–Trinajstić information content (AvgIpc) is 2.71. The number of carboxylic acid groups (broad SMARTS) is 1. The summed E-state index contributed by atoms with van der Waals surface area (Å²) in [5, 5.41) is 11.7. The smallest absolute Gasteiger partial charge is 0.305 e. The molecule has 1 heterocycles. The largest absolute Gasteiger partial charge is 0.481 e. The zero-order valence-electron chi connectivity index (χ0n) is 12.1. The van der Waals surface area contributed by atoms with Gasteiger partial charge < -0.3 is 15.2 Å². The highest BCUT2D eigenvalue weighted by Crippen LogP contribution is 2.23. The highest BCUT2D eigenvalue weighted by molar-refractivity contribution is 5.78. The number of hydrogen-bond acceptors (Lipinski definition) is 3. The van der Waals surface area contributed by atoms with E-state index in [4.69, 9.17) is 9.84 Å². The van der Waals surface area contributed by atoms with Crippen LogP contribution in [0.5, 0.6) is 0 Å². The van der Waals surface area contributed by atoms with Crippen LogP contribution in [0.1, 0.15) is 59.3 Å². The molecule has 0 aromatic carbocycles. The molecule has 0 unspecified atom stereocenters. The van der Waals surface area contributed by atoms with E-state index in [1.54, 1.807) is 6.92 Å². The molecule has 1 aliphatic heterocycles. The first kappa shape index (κ1) is 16.0. The number of carboxylic acids is 1. The highest BCUT2D eigenvalue weighted by atomic mass is 16.5. The quantitative estimate of drug-likeness (QED) is 0.743. The standard InChI is InChI=1S/C14H25NO4/c1-4-14(3,9-13(17)18)15-12(16)8-7-11-6-5-10(2)19-11/h10-11H,4-9H2,1-3H3,(H,15,16)(H,17,18)/t10-,11+,14-/m1/s1. The topological polar surface area (TPSA) is 75.6 Å². The Balaban J connectivity index is 2.34. The van der Waals surface area contributed by atoms with E-state index in [0.717, 1.165) is 12.8 Å². The lowest BCUT2D eigenvalue weighted by Gasteiger charge is -2.28. The number of carbonyl (C=O) groups excluding carboxylic acids is 1. The molecule has 1 saturated heterocycles. The van der Waals surface area contributed by atoms with Crippen LogP contribution in [0, 0.1) is 0 Å². The summed E-state index contributed by atoms with van der Waals surface area (Å²) in [6.07, 6.45) is 4.19. The Morgan fingerprint density at radius 3 is 2.58 bits per heavy atom. The average molecular weight is 271 g/mol. The first-order valence-electron chi connectivity index (χ1n) is 7.03. The molecule has 0 saturated carbocycles. The van der Waals surface area contributed by atoms with Crippen LogP contribution in [0.4, 0.5) is 0 Å². The lowest BCUT2D eigenvalue weighted by atomic mass is 9.94. The predicted molar refractivity (Wildman–Crippen MR) is 71.9 cm³/mol. The highest BCUT2D eigenvalue weighted by Gasteiger charge is 2.28. The molecular weight excluding hydrogens is 246 g/mol. The van der Waals surface area contributed by atoms with Crippen molar-refractivity contribution in [2.75, 3.05) is 0 Å². The van der Waals surface area contributed by atoms with E-state index in [0.29, 0.717) is 25.4 Å². The Morgan fingerprint density at radius 1 is 1.42 bits per heavy atom. The summed E-state index contributed by atoms with van der Waals surface area (Å²) in [5.41, 5.74) is -0.660. The zero-order chi connectivity index (χ0) is 14.5. The van der Waals surface area contributed by atoms with Gasteiger partial charge in [0.15, 0.2) is 0 Å². The van der Waals surface area contributed by atoms with Crippen LogP contribution >= 0.6 is 0 Å². The SMILES string of the molecule is CC[C@](C)(CC(=O)O)NC(=O)CC[C@@H]1CC[C@@H](C)O1. The fourth-order valence-corrected chi connectivity index (χ4v) is 2.38. The maximum absolute atomic E-state index is 11.9. The van der Waals surface area contributed by atoms with Crippen molar-refractivity contribution < 1.29 is 19.4 Å². The maximum Gasteiger partial charge on any atom is 0.305 e. The van der Waals surface area contributed by atoms with Crippen LogP contribution in [-0.4, -0.2) is 34.7 Å². The maximum atomic E-state index is 11.9. The lowest BCUT2D eigenvalue weighted by molar-refractivity contribution is -0.139. The molecule has 0 spiro atoms. The van der Waals surface area contributed by atoms with Crippen molar-refractivity contribution in [1.29, 1.82) is 0 Å². The van der Waals surface area contributed by atoms with Crippen molar-refractivity contribution >= 4 is 11.9 Å². The van der Waals surface area contributed by atoms with E-state index >= 15 is 0 Å². The molecular formula is C14H25NO4. The third-order valence-electron chi connectivity index (χ3n) is 3.78. The summed E-state index contributed by atoms with van der Waals surface area (Å²) >= 11 is 0.